The third-order valence-electron chi connectivity index (χ3n) is 4.44. The van der Waals surface area contributed by atoms with Crippen molar-refractivity contribution in [3.63, 3.8) is 0 Å². The maximum Gasteiger partial charge on any atom is 0.408 e. The van der Waals surface area contributed by atoms with Gasteiger partial charge in [-0.1, -0.05) is 60.7 Å². The number of aliphatic carboxylic acids is 2. The molecule has 0 radical (unpaired) electrons. The highest BCUT2D eigenvalue weighted by Crippen LogP contribution is 2.05. The Kier molecular flexibility index (Phi) is 9.33. The Morgan fingerprint density at radius 3 is 2.07 bits per heavy atom. The minimum absolute atomic E-state index is 0.102. The van der Waals surface area contributed by atoms with E-state index < -0.39 is 24.1 Å². The van der Waals surface area contributed by atoms with Crippen molar-refractivity contribution >= 4 is 18.0 Å². The van der Waals surface area contributed by atoms with E-state index in [9.17, 15) is 19.5 Å². The lowest BCUT2D eigenvalue weighted by Gasteiger charge is -2.14. The van der Waals surface area contributed by atoms with Crippen LogP contribution in [0.4, 0.5) is 4.79 Å². The third kappa shape index (κ3) is 8.32. The number of rotatable bonds is 7. The quantitative estimate of drug-likeness (QED) is 0.548. The first-order valence-corrected chi connectivity index (χ1v) is 9.66. The predicted octanol–water partition coefficient (Wildman–Crippen LogP) is 2.43. The van der Waals surface area contributed by atoms with E-state index in [1.54, 1.807) is 0 Å². The van der Waals surface area contributed by atoms with Gasteiger partial charge in [0.1, 0.15) is 18.7 Å². The summed E-state index contributed by atoms with van der Waals surface area (Å²) in [5, 5.41) is 22.8. The predicted molar refractivity (Wildman–Crippen MR) is 110 cm³/mol. The summed E-state index contributed by atoms with van der Waals surface area (Å²) >= 11 is 0. The molecule has 1 aliphatic heterocycles. The van der Waals surface area contributed by atoms with Crippen molar-refractivity contribution in [1.29, 1.82) is 0 Å². The van der Waals surface area contributed by atoms with Gasteiger partial charge in [0.2, 0.25) is 0 Å². The van der Waals surface area contributed by atoms with E-state index in [2.05, 4.69) is 10.6 Å². The Hall–Kier alpha value is -3.39. The van der Waals surface area contributed by atoms with E-state index in [1.807, 2.05) is 60.7 Å². The van der Waals surface area contributed by atoms with Crippen LogP contribution in [0.3, 0.4) is 0 Å². The lowest BCUT2D eigenvalue weighted by atomic mass is 10.1. The smallest absolute Gasteiger partial charge is 0.408 e. The van der Waals surface area contributed by atoms with Crippen LogP contribution in [0.2, 0.25) is 0 Å². The number of carbonyl (C=O) groups is 3. The molecule has 1 amide bonds. The van der Waals surface area contributed by atoms with Gasteiger partial charge in [0.15, 0.2) is 0 Å². The lowest BCUT2D eigenvalue weighted by Crippen LogP contribution is -2.42. The Morgan fingerprint density at radius 2 is 1.60 bits per heavy atom. The van der Waals surface area contributed by atoms with Crippen molar-refractivity contribution in [2.45, 2.75) is 38.0 Å². The van der Waals surface area contributed by atoms with Crippen LogP contribution in [0.15, 0.2) is 60.7 Å². The highest BCUT2D eigenvalue weighted by atomic mass is 16.5. The van der Waals surface area contributed by atoms with E-state index in [1.165, 1.54) is 0 Å². The summed E-state index contributed by atoms with van der Waals surface area (Å²) in [5.74, 6) is -1.82. The van der Waals surface area contributed by atoms with Crippen molar-refractivity contribution in [2.24, 2.45) is 0 Å². The summed E-state index contributed by atoms with van der Waals surface area (Å²) in [6.07, 6.45) is 1.25. The maximum atomic E-state index is 11.7. The highest BCUT2D eigenvalue weighted by molar-refractivity contribution is 5.80. The van der Waals surface area contributed by atoms with Gasteiger partial charge in [0.05, 0.1) is 0 Å². The van der Waals surface area contributed by atoms with Crippen molar-refractivity contribution in [3.8, 4) is 0 Å². The van der Waals surface area contributed by atoms with Gasteiger partial charge < -0.3 is 25.6 Å². The molecule has 1 saturated heterocycles. The monoisotopic (exact) mass is 414 g/mol. The summed E-state index contributed by atoms with van der Waals surface area (Å²) in [5.41, 5.74) is 1.67. The Bertz CT molecular complexity index is 807. The van der Waals surface area contributed by atoms with Crippen molar-refractivity contribution in [1.82, 2.24) is 10.6 Å². The Balaban J connectivity index is 0.000000335. The molecule has 0 aromatic heterocycles. The molecule has 1 aliphatic rings. The number of alkyl carbamates (subject to hydrolysis) is 1. The molecular weight excluding hydrogens is 388 g/mol. The first-order valence-electron chi connectivity index (χ1n) is 9.66. The van der Waals surface area contributed by atoms with E-state index >= 15 is 0 Å². The number of carboxylic acids is 2. The van der Waals surface area contributed by atoms with E-state index in [-0.39, 0.29) is 19.1 Å². The maximum absolute atomic E-state index is 11.7. The normalized spacial score (nSPS) is 15.9. The Labute approximate surface area is 174 Å². The molecule has 2 aromatic carbocycles. The molecule has 2 atom stereocenters. The molecule has 160 valence electrons. The molecule has 8 nitrogen and oxygen atoms in total. The van der Waals surface area contributed by atoms with E-state index in [4.69, 9.17) is 9.84 Å². The molecule has 0 aliphatic carbocycles. The molecular formula is C22H26N2O6. The van der Waals surface area contributed by atoms with E-state index in [0.29, 0.717) is 0 Å². The molecule has 0 unspecified atom stereocenters. The average molecular weight is 414 g/mol. The fourth-order valence-corrected chi connectivity index (χ4v) is 2.85. The van der Waals surface area contributed by atoms with Crippen LogP contribution >= 0.6 is 0 Å². The summed E-state index contributed by atoms with van der Waals surface area (Å²) in [4.78, 5) is 33.1. The molecule has 3 rings (SSSR count). The molecule has 4 N–H and O–H groups in total. The molecule has 0 saturated carbocycles. The first kappa shape index (κ1) is 22.9. The number of amides is 1. The van der Waals surface area contributed by atoms with E-state index in [0.717, 1.165) is 30.5 Å². The minimum Gasteiger partial charge on any atom is -0.480 e. The molecule has 1 fully saturated rings. The van der Waals surface area contributed by atoms with Gasteiger partial charge in [-0.25, -0.2) is 9.59 Å². The largest absolute Gasteiger partial charge is 0.480 e. The second kappa shape index (κ2) is 12.2. The number of hydrogen-bond acceptors (Lipinski definition) is 5. The number of benzene rings is 2. The van der Waals surface area contributed by atoms with Gasteiger partial charge in [-0.05, 0) is 30.5 Å². The Morgan fingerprint density at radius 1 is 1.00 bits per heavy atom. The molecule has 0 bridgehead atoms. The third-order valence-corrected chi connectivity index (χ3v) is 4.44. The van der Waals surface area contributed by atoms with Gasteiger partial charge in [0, 0.05) is 6.42 Å². The van der Waals surface area contributed by atoms with Gasteiger partial charge in [-0.3, -0.25) is 4.79 Å². The number of carboxylic acid groups (broad SMARTS) is 2. The summed E-state index contributed by atoms with van der Waals surface area (Å²) in [6, 6.07) is 17.0. The minimum atomic E-state index is -1.10. The lowest BCUT2D eigenvalue weighted by molar-refractivity contribution is -0.140. The zero-order valence-electron chi connectivity index (χ0n) is 16.5. The molecule has 0 spiro atoms. The fourth-order valence-electron chi connectivity index (χ4n) is 2.85. The van der Waals surface area contributed by atoms with Crippen molar-refractivity contribution in [3.05, 3.63) is 71.8 Å². The molecule has 1 heterocycles. The SMILES string of the molecule is O=C(N[C@@H](Cc1ccccc1)C(=O)O)OCc1ccccc1.O=C(O)[C@@H]1CCCN1. The zero-order chi connectivity index (χ0) is 21.8. The van der Waals surface area contributed by atoms with Crippen LogP contribution in [0, 0.1) is 0 Å². The second-order valence-electron chi connectivity index (χ2n) is 6.77. The van der Waals surface area contributed by atoms with Crippen LogP contribution < -0.4 is 10.6 Å². The first-order chi connectivity index (χ1) is 14.5. The van der Waals surface area contributed by atoms with Gasteiger partial charge in [0.25, 0.3) is 0 Å². The van der Waals surface area contributed by atoms with Crippen molar-refractivity contribution < 1.29 is 29.3 Å². The van der Waals surface area contributed by atoms with Crippen LogP contribution in [0.25, 0.3) is 0 Å². The number of carbonyl (C=O) groups excluding carboxylic acids is 1. The average Bonchev–Trinajstić information content (AvgIpc) is 3.29. The highest BCUT2D eigenvalue weighted by Gasteiger charge is 2.21. The molecule has 30 heavy (non-hydrogen) atoms. The topological polar surface area (TPSA) is 125 Å². The van der Waals surface area contributed by atoms with Crippen LogP contribution in [0.5, 0.6) is 0 Å². The summed E-state index contributed by atoms with van der Waals surface area (Å²) in [7, 11) is 0. The summed E-state index contributed by atoms with van der Waals surface area (Å²) < 4.78 is 5.03. The van der Waals surface area contributed by atoms with Crippen LogP contribution in [-0.4, -0.2) is 46.9 Å². The fraction of sp³-hybridized carbons (Fsp3) is 0.318. The van der Waals surface area contributed by atoms with Crippen molar-refractivity contribution in [2.75, 3.05) is 6.54 Å². The molecule has 2 aromatic rings. The van der Waals surface area contributed by atoms with Gasteiger partial charge in [-0.2, -0.15) is 0 Å². The standard InChI is InChI=1S/C17H17NO4.C5H9NO2/c19-16(20)15(11-13-7-3-1-4-8-13)18-17(21)22-12-14-9-5-2-6-10-14;7-5(8)4-2-1-3-6-4/h1-10,15H,11-12H2,(H,18,21)(H,19,20);4,6H,1-3H2,(H,7,8)/t15-;4-/m00/s1. The zero-order valence-corrected chi connectivity index (χ0v) is 16.5. The van der Waals surface area contributed by atoms with Gasteiger partial charge in [-0.15, -0.1) is 0 Å². The summed E-state index contributed by atoms with van der Waals surface area (Å²) in [6.45, 7) is 0.960. The number of hydrogen-bond donors (Lipinski definition) is 4. The number of nitrogens with one attached hydrogen (secondary N) is 2. The number of ether oxygens (including phenoxy) is 1. The van der Waals surface area contributed by atoms with Crippen LogP contribution in [0.1, 0.15) is 24.0 Å². The second-order valence-corrected chi connectivity index (χ2v) is 6.77. The van der Waals surface area contributed by atoms with Gasteiger partial charge >= 0.3 is 18.0 Å². The van der Waals surface area contributed by atoms with Crippen LogP contribution in [-0.2, 0) is 27.4 Å². The molecule has 8 heteroatoms.